The third-order valence-corrected chi connectivity index (χ3v) is 6.15. The Morgan fingerprint density at radius 2 is 1.97 bits per heavy atom. The Balaban J connectivity index is 2.01. The van der Waals surface area contributed by atoms with Crippen LogP contribution >= 0.6 is 34.5 Å². The minimum atomic E-state index is -3.67. The highest BCUT2D eigenvalue weighted by Crippen LogP contribution is 2.38. The van der Waals surface area contributed by atoms with E-state index >= 15 is 0 Å². The van der Waals surface area contributed by atoms with Crippen LogP contribution in [0.3, 0.4) is 0 Å². The van der Waals surface area contributed by atoms with Crippen molar-refractivity contribution in [3.63, 3.8) is 0 Å². The van der Waals surface area contributed by atoms with E-state index < -0.39 is 16.3 Å². The van der Waals surface area contributed by atoms with Crippen LogP contribution in [0.4, 0.5) is 10.8 Å². The maximum absolute atomic E-state index is 11.4. The van der Waals surface area contributed by atoms with Crippen molar-refractivity contribution >= 4 is 55.4 Å². The molecule has 0 fully saturated rings. The number of anilines is 2. The summed E-state index contributed by atoms with van der Waals surface area (Å²) in [7, 11) is -3.67. The maximum Gasteiger partial charge on any atom is 0.211 e. The van der Waals surface area contributed by atoms with Gasteiger partial charge in [0.1, 0.15) is 10.0 Å². The zero-order valence-electron chi connectivity index (χ0n) is 15.6. The SMILES string of the molecule is CS(=O)(=O)NC(O)c1nc(N(Cc2cccc(Cl)c2)c2ccc(C#N)cc2)sc1Cl. The van der Waals surface area contributed by atoms with Gasteiger partial charge >= 0.3 is 0 Å². The van der Waals surface area contributed by atoms with Gasteiger partial charge in [-0.05, 0) is 42.0 Å². The Morgan fingerprint density at radius 1 is 1.27 bits per heavy atom. The molecule has 0 aliphatic heterocycles. The van der Waals surface area contributed by atoms with Crippen LogP contribution in [0.25, 0.3) is 0 Å². The fourth-order valence-corrected chi connectivity index (χ4v) is 4.58. The Morgan fingerprint density at radius 3 is 2.57 bits per heavy atom. The quantitative estimate of drug-likeness (QED) is 0.488. The van der Waals surface area contributed by atoms with Crippen LogP contribution in [-0.4, -0.2) is 24.8 Å². The zero-order chi connectivity index (χ0) is 21.9. The Bertz CT molecular complexity index is 1190. The molecule has 1 atom stereocenters. The molecule has 0 spiro atoms. The van der Waals surface area contributed by atoms with E-state index in [9.17, 15) is 13.5 Å². The normalized spacial score (nSPS) is 12.4. The highest BCUT2D eigenvalue weighted by molar-refractivity contribution is 7.88. The first-order valence-corrected chi connectivity index (χ1v) is 12.0. The molecule has 0 aliphatic rings. The van der Waals surface area contributed by atoms with E-state index in [0.717, 1.165) is 28.8 Å². The lowest BCUT2D eigenvalue weighted by Gasteiger charge is -2.22. The molecule has 1 heterocycles. The van der Waals surface area contributed by atoms with E-state index in [1.807, 2.05) is 23.1 Å². The van der Waals surface area contributed by atoms with Gasteiger partial charge in [-0.3, -0.25) is 0 Å². The van der Waals surface area contributed by atoms with Crippen molar-refractivity contribution in [2.75, 3.05) is 11.2 Å². The molecule has 0 bridgehead atoms. The highest BCUT2D eigenvalue weighted by Gasteiger charge is 2.24. The predicted molar refractivity (Wildman–Crippen MR) is 119 cm³/mol. The van der Waals surface area contributed by atoms with Crippen molar-refractivity contribution in [2.24, 2.45) is 0 Å². The average Bonchev–Trinajstić information content (AvgIpc) is 3.06. The molecule has 30 heavy (non-hydrogen) atoms. The largest absolute Gasteiger partial charge is 0.372 e. The number of nitrogens with one attached hydrogen (secondary N) is 1. The molecule has 1 aromatic heterocycles. The van der Waals surface area contributed by atoms with Crippen molar-refractivity contribution in [3.8, 4) is 6.07 Å². The fraction of sp³-hybridized carbons (Fsp3) is 0.158. The number of hydrogen-bond donors (Lipinski definition) is 2. The summed E-state index contributed by atoms with van der Waals surface area (Å²) in [4.78, 5) is 6.20. The molecule has 2 aromatic carbocycles. The summed E-state index contributed by atoms with van der Waals surface area (Å²) in [5, 5.41) is 20.3. The van der Waals surface area contributed by atoms with E-state index in [1.165, 1.54) is 0 Å². The lowest BCUT2D eigenvalue weighted by atomic mass is 10.2. The zero-order valence-corrected chi connectivity index (χ0v) is 18.7. The van der Waals surface area contributed by atoms with Crippen molar-refractivity contribution < 1.29 is 13.5 Å². The molecule has 7 nitrogen and oxygen atoms in total. The van der Waals surface area contributed by atoms with Crippen LogP contribution in [0.1, 0.15) is 23.0 Å². The minimum Gasteiger partial charge on any atom is -0.372 e. The number of rotatable bonds is 7. The van der Waals surface area contributed by atoms with Gasteiger partial charge in [-0.1, -0.05) is 46.7 Å². The fourth-order valence-electron chi connectivity index (χ4n) is 2.65. The van der Waals surface area contributed by atoms with Crippen LogP contribution in [0.5, 0.6) is 0 Å². The lowest BCUT2D eigenvalue weighted by Crippen LogP contribution is -2.27. The first kappa shape index (κ1) is 22.5. The maximum atomic E-state index is 11.4. The molecule has 11 heteroatoms. The summed E-state index contributed by atoms with van der Waals surface area (Å²) in [6.45, 7) is 0.380. The van der Waals surface area contributed by atoms with Crippen LogP contribution in [-0.2, 0) is 16.6 Å². The van der Waals surface area contributed by atoms with Gasteiger partial charge in [-0.15, -0.1) is 0 Å². The second-order valence-corrected chi connectivity index (χ2v) is 10.1. The number of hydrogen-bond acceptors (Lipinski definition) is 7. The molecule has 156 valence electrons. The number of aliphatic hydroxyl groups excluding tert-OH is 1. The minimum absolute atomic E-state index is 0.00632. The number of aliphatic hydroxyl groups is 1. The second kappa shape index (κ2) is 9.31. The molecule has 0 saturated carbocycles. The van der Waals surface area contributed by atoms with Gasteiger partial charge in [0.2, 0.25) is 10.0 Å². The molecule has 3 aromatic rings. The van der Waals surface area contributed by atoms with Crippen molar-refractivity contribution in [1.29, 1.82) is 5.26 Å². The second-order valence-electron chi connectivity index (χ2n) is 6.32. The number of aromatic nitrogens is 1. The predicted octanol–water partition coefficient (Wildman–Crippen LogP) is 4.20. The van der Waals surface area contributed by atoms with Crippen molar-refractivity contribution in [3.05, 3.63) is 74.7 Å². The number of nitrogens with zero attached hydrogens (tertiary/aromatic N) is 3. The molecule has 0 amide bonds. The Kier molecular flexibility index (Phi) is 6.98. The monoisotopic (exact) mass is 482 g/mol. The van der Waals surface area contributed by atoms with Gasteiger partial charge in [-0.2, -0.15) is 9.98 Å². The van der Waals surface area contributed by atoms with E-state index in [4.69, 9.17) is 28.5 Å². The number of halogens is 2. The summed E-state index contributed by atoms with van der Waals surface area (Å²) in [5.74, 6) is 0. The topological polar surface area (TPSA) is 106 Å². The summed E-state index contributed by atoms with van der Waals surface area (Å²) in [5.41, 5.74) is 2.14. The number of thiazole rings is 1. The van der Waals surface area contributed by atoms with Gasteiger partial charge < -0.3 is 10.0 Å². The molecular formula is C19H16Cl2N4O3S2. The van der Waals surface area contributed by atoms with Gasteiger partial charge in [-0.25, -0.2) is 13.4 Å². The van der Waals surface area contributed by atoms with E-state index in [0.29, 0.717) is 22.3 Å². The summed E-state index contributed by atoms with van der Waals surface area (Å²) >= 11 is 13.4. The first-order chi connectivity index (χ1) is 14.2. The Labute approximate surface area is 188 Å². The molecule has 3 rings (SSSR count). The van der Waals surface area contributed by atoms with Crippen LogP contribution in [0, 0.1) is 11.3 Å². The summed E-state index contributed by atoms with van der Waals surface area (Å²) in [6, 6.07) is 16.3. The molecule has 0 aliphatic carbocycles. The smallest absolute Gasteiger partial charge is 0.211 e. The van der Waals surface area contributed by atoms with Crippen LogP contribution in [0.2, 0.25) is 9.36 Å². The number of nitriles is 1. The van der Waals surface area contributed by atoms with Gasteiger partial charge in [0.05, 0.1) is 24.4 Å². The molecule has 2 N–H and O–H groups in total. The van der Waals surface area contributed by atoms with E-state index in [-0.39, 0.29) is 10.0 Å². The van der Waals surface area contributed by atoms with Gasteiger partial charge in [0.15, 0.2) is 11.4 Å². The van der Waals surface area contributed by atoms with E-state index in [2.05, 4.69) is 15.8 Å². The van der Waals surface area contributed by atoms with Crippen molar-refractivity contribution in [2.45, 2.75) is 12.8 Å². The molecule has 0 radical (unpaired) electrons. The average molecular weight is 483 g/mol. The molecular weight excluding hydrogens is 467 g/mol. The Hall–Kier alpha value is -2.19. The lowest BCUT2D eigenvalue weighted by molar-refractivity contribution is 0.163. The van der Waals surface area contributed by atoms with Crippen LogP contribution in [0.15, 0.2) is 48.5 Å². The third kappa shape index (κ3) is 5.70. The van der Waals surface area contributed by atoms with E-state index in [1.54, 1.807) is 30.3 Å². The van der Waals surface area contributed by atoms with Gasteiger partial charge in [0.25, 0.3) is 0 Å². The third-order valence-electron chi connectivity index (χ3n) is 3.95. The molecule has 0 saturated heterocycles. The number of sulfonamides is 1. The standard InChI is InChI=1S/C19H16Cl2N4O3S2/c1-30(27,28)24-18(26)16-17(21)29-19(23-16)25(11-13-3-2-4-14(20)9-13)15-7-5-12(10-22)6-8-15/h2-9,18,24,26H,11H2,1H3. The first-order valence-electron chi connectivity index (χ1n) is 8.50. The van der Waals surface area contributed by atoms with Crippen molar-refractivity contribution in [1.82, 2.24) is 9.71 Å². The highest BCUT2D eigenvalue weighted by atomic mass is 35.5. The summed E-state index contributed by atoms with van der Waals surface area (Å²) < 4.78 is 25.1. The van der Waals surface area contributed by atoms with Crippen LogP contribution < -0.4 is 9.62 Å². The van der Waals surface area contributed by atoms with Gasteiger partial charge in [0, 0.05) is 10.7 Å². The number of benzene rings is 2. The molecule has 1 unspecified atom stereocenters. The summed E-state index contributed by atoms with van der Waals surface area (Å²) in [6.07, 6.45) is -0.647.